The Morgan fingerprint density at radius 1 is 1.41 bits per heavy atom. The Hall–Kier alpha value is -2.39. The first-order valence-corrected chi connectivity index (χ1v) is 10.0. The molecule has 1 aromatic heterocycles. The number of imidazole rings is 1. The molecule has 1 saturated heterocycles. The number of H-pyrrole nitrogens is 1. The summed E-state index contributed by atoms with van der Waals surface area (Å²) in [6, 6.07) is -1.07. The number of amides is 2. The number of alkyl carbamates (subject to hydrolysis) is 1. The number of halogens is 1. The summed E-state index contributed by atoms with van der Waals surface area (Å²) in [5.41, 5.74) is 1.51. The van der Waals surface area contributed by atoms with Gasteiger partial charge in [-0.3, -0.25) is 4.79 Å². The van der Waals surface area contributed by atoms with Gasteiger partial charge in [-0.1, -0.05) is 35.2 Å². The molecule has 1 aromatic rings. The van der Waals surface area contributed by atoms with Crippen molar-refractivity contribution < 1.29 is 19.1 Å². The predicted molar refractivity (Wildman–Crippen MR) is 114 cm³/mol. The Bertz CT molecular complexity index is 804. The Balaban J connectivity index is 2.20. The fraction of sp³-hybridized carbons (Fsp3) is 0.450. The third kappa shape index (κ3) is 5.80. The van der Waals surface area contributed by atoms with Crippen molar-refractivity contribution >= 4 is 33.5 Å². The van der Waals surface area contributed by atoms with Gasteiger partial charge in [0.05, 0.1) is 31.1 Å². The SMILES string of the molecule is C=C(Br)/C=C\C(=C)c1cnc(C2CCCN2C(=O)C(NC(=O)OC)C(C)OC)[nH]1. The van der Waals surface area contributed by atoms with E-state index in [0.717, 1.165) is 28.6 Å². The zero-order chi connectivity index (χ0) is 21.6. The summed E-state index contributed by atoms with van der Waals surface area (Å²) in [6.45, 7) is 10.1. The lowest BCUT2D eigenvalue weighted by Gasteiger charge is -2.30. The van der Waals surface area contributed by atoms with Crippen molar-refractivity contribution in [1.82, 2.24) is 20.2 Å². The van der Waals surface area contributed by atoms with Crippen LogP contribution >= 0.6 is 15.9 Å². The standard InChI is InChI=1S/C20H27BrN4O4/c1-12(8-9-13(2)21)15-11-22-18(23-15)16-7-6-10-25(16)19(26)17(14(3)28-4)24-20(27)29-5/h8-9,11,14,16-17H,1-2,6-7,10H2,3-5H3,(H,22,23)(H,24,27)/b9-8-. The van der Waals surface area contributed by atoms with Crippen LogP contribution in [0.2, 0.25) is 0 Å². The van der Waals surface area contributed by atoms with Gasteiger partial charge in [0.1, 0.15) is 11.9 Å². The van der Waals surface area contributed by atoms with E-state index in [2.05, 4.69) is 49.1 Å². The number of likely N-dealkylation sites (tertiary alicyclic amines) is 1. The van der Waals surface area contributed by atoms with E-state index in [1.807, 2.05) is 6.08 Å². The fourth-order valence-corrected chi connectivity index (χ4v) is 3.28. The first kappa shape index (κ1) is 22.9. The number of nitrogens with one attached hydrogen (secondary N) is 2. The number of carbonyl (C=O) groups excluding carboxylic acids is 2. The van der Waals surface area contributed by atoms with Crippen molar-refractivity contribution in [1.29, 1.82) is 0 Å². The van der Waals surface area contributed by atoms with Crippen LogP contribution in [0.1, 0.15) is 37.3 Å². The molecule has 2 heterocycles. The molecular formula is C20H27BrN4O4. The summed E-state index contributed by atoms with van der Waals surface area (Å²) in [4.78, 5) is 34.3. The quantitative estimate of drug-likeness (QED) is 0.572. The number of methoxy groups -OCH3 is 2. The molecule has 1 fully saturated rings. The van der Waals surface area contributed by atoms with E-state index >= 15 is 0 Å². The average molecular weight is 467 g/mol. The highest BCUT2D eigenvalue weighted by atomic mass is 79.9. The fourth-order valence-electron chi connectivity index (χ4n) is 3.15. The molecule has 2 N–H and O–H groups in total. The number of aromatic nitrogens is 2. The first-order chi connectivity index (χ1) is 13.8. The van der Waals surface area contributed by atoms with Crippen molar-refractivity contribution in [2.75, 3.05) is 20.8 Å². The van der Waals surface area contributed by atoms with Crippen molar-refractivity contribution in [3.8, 4) is 0 Å². The second-order valence-electron chi connectivity index (χ2n) is 6.73. The molecule has 0 spiro atoms. The third-order valence-corrected chi connectivity index (χ3v) is 5.09. The molecule has 0 bridgehead atoms. The molecule has 158 valence electrons. The molecule has 3 unspecified atom stereocenters. The average Bonchev–Trinajstić information content (AvgIpc) is 3.37. The molecule has 9 heteroatoms. The smallest absolute Gasteiger partial charge is 0.407 e. The van der Waals surface area contributed by atoms with Crippen LogP contribution in [0.15, 0.2) is 36.0 Å². The van der Waals surface area contributed by atoms with Gasteiger partial charge in [-0.05, 0) is 31.4 Å². The van der Waals surface area contributed by atoms with Crippen molar-refractivity contribution in [2.24, 2.45) is 0 Å². The minimum Gasteiger partial charge on any atom is -0.453 e. The van der Waals surface area contributed by atoms with Gasteiger partial charge in [0.25, 0.3) is 0 Å². The Morgan fingerprint density at radius 2 is 2.14 bits per heavy atom. The Kier molecular flexibility index (Phi) is 8.21. The van der Waals surface area contributed by atoms with E-state index in [-0.39, 0.29) is 11.9 Å². The lowest BCUT2D eigenvalue weighted by atomic mass is 10.1. The third-order valence-electron chi connectivity index (χ3n) is 4.82. The maximum atomic E-state index is 13.2. The highest BCUT2D eigenvalue weighted by molar-refractivity contribution is 9.11. The van der Waals surface area contributed by atoms with Gasteiger partial charge in [-0.15, -0.1) is 0 Å². The molecular weight excluding hydrogens is 440 g/mol. The summed E-state index contributed by atoms with van der Waals surface area (Å²) in [5.74, 6) is 0.444. The van der Waals surface area contributed by atoms with E-state index in [0.29, 0.717) is 12.4 Å². The van der Waals surface area contributed by atoms with Crippen LogP contribution in [-0.2, 0) is 14.3 Å². The second-order valence-corrected chi connectivity index (χ2v) is 7.75. The molecule has 2 amide bonds. The topological polar surface area (TPSA) is 96.6 Å². The summed E-state index contributed by atoms with van der Waals surface area (Å²) in [5, 5.41) is 2.57. The minimum atomic E-state index is -0.856. The van der Waals surface area contributed by atoms with E-state index in [1.54, 1.807) is 24.1 Å². The van der Waals surface area contributed by atoms with E-state index in [9.17, 15) is 9.59 Å². The number of aromatic amines is 1. The monoisotopic (exact) mass is 466 g/mol. The molecule has 2 rings (SSSR count). The van der Waals surface area contributed by atoms with Crippen molar-refractivity contribution in [3.63, 3.8) is 0 Å². The number of rotatable bonds is 8. The van der Waals surface area contributed by atoms with Gasteiger partial charge < -0.3 is 24.7 Å². The minimum absolute atomic E-state index is 0.217. The van der Waals surface area contributed by atoms with Gasteiger partial charge in [0, 0.05) is 18.1 Å². The summed E-state index contributed by atoms with van der Waals surface area (Å²) in [7, 11) is 2.74. The molecule has 29 heavy (non-hydrogen) atoms. The molecule has 0 aliphatic carbocycles. The van der Waals surface area contributed by atoms with Crippen LogP contribution in [-0.4, -0.2) is 59.8 Å². The summed E-state index contributed by atoms with van der Waals surface area (Å²) >= 11 is 3.27. The molecule has 1 aliphatic rings. The lowest BCUT2D eigenvalue weighted by molar-refractivity contribution is -0.137. The molecule has 0 aromatic carbocycles. The predicted octanol–water partition coefficient (Wildman–Crippen LogP) is 3.31. The normalized spacial score (nSPS) is 18.5. The van der Waals surface area contributed by atoms with Gasteiger partial charge in [0.2, 0.25) is 5.91 Å². The highest BCUT2D eigenvalue weighted by Gasteiger charge is 2.38. The molecule has 0 radical (unpaired) electrons. The number of hydrogen-bond acceptors (Lipinski definition) is 5. The molecule has 3 atom stereocenters. The molecule has 1 aliphatic heterocycles. The van der Waals surface area contributed by atoms with Gasteiger partial charge >= 0.3 is 6.09 Å². The number of hydrogen-bond donors (Lipinski definition) is 2. The number of nitrogens with zero attached hydrogens (tertiary/aromatic N) is 2. The largest absolute Gasteiger partial charge is 0.453 e. The van der Waals surface area contributed by atoms with Crippen LogP contribution < -0.4 is 5.32 Å². The van der Waals surface area contributed by atoms with Crippen LogP contribution in [0.25, 0.3) is 5.57 Å². The van der Waals surface area contributed by atoms with Gasteiger partial charge in [-0.2, -0.15) is 0 Å². The van der Waals surface area contributed by atoms with Crippen molar-refractivity contribution in [2.45, 2.75) is 38.0 Å². The Labute approximate surface area is 179 Å². The maximum absolute atomic E-state index is 13.2. The van der Waals surface area contributed by atoms with E-state index in [4.69, 9.17) is 4.74 Å². The zero-order valence-electron chi connectivity index (χ0n) is 16.9. The molecule has 8 nitrogen and oxygen atoms in total. The van der Waals surface area contributed by atoms with Gasteiger partial charge in [-0.25, -0.2) is 9.78 Å². The molecule has 0 saturated carbocycles. The van der Waals surface area contributed by atoms with Crippen LogP contribution in [0.4, 0.5) is 4.79 Å². The summed E-state index contributed by atoms with van der Waals surface area (Å²) in [6.07, 6.45) is 5.72. The lowest BCUT2D eigenvalue weighted by Crippen LogP contribution is -2.54. The van der Waals surface area contributed by atoms with Crippen LogP contribution in [0.5, 0.6) is 0 Å². The Morgan fingerprint density at radius 3 is 2.76 bits per heavy atom. The summed E-state index contributed by atoms with van der Waals surface area (Å²) < 4.78 is 10.7. The van der Waals surface area contributed by atoms with E-state index in [1.165, 1.54) is 14.2 Å². The first-order valence-electron chi connectivity index (χ1n) is 9.22. The maximum Gasteiger partial charge on any atom is 0.407 e. The number of allylic oxidation sites excluding steroid dienone is 4. The van der Waals surface area contributed by atoms with Crippen molar-refractivity contribution in [3.05, 3.63) is 47.5 Å². The van der Waals surface area contributed by atoms with Crippen LogP contribution in [0.3, 0.4) is 0 Å². The number of carbonyl (C=O) groups is 2. The van der Waals surface area contributed by atoms with Gasteiger partial charge in [0.15, 0.2) is 0 Å². The second kappa shape index (κ2) is 10.4. The zero-order valence-corrected chi connectivity index (χ0v) is 18.5. The highest BCUT2D eigenvalue weighted by Crippen LogP contribution is 2.31. The van der Waals surface area contributed by atoms with Crippen LogP contribution in [0, 0.1) is 0 Å². The number of ether oxygens (including phenoxy) is 2. The van der Waals surface area contributed by atoms with E-state index < -0.39 is 18.2 Å².